The van der Waals surface area contributed by atoms with E-state index in [1.807, 2.05) is 32.0 Å². The van der Waals surface area contributed by atoms with Gasteiger partial charge in [-0.2, -0.15) is 0 Å². The predicted molar refractivity (Wildman–Crippen MR) is 68.3 cm³/mol. The van der Waals surface area contributed by atoms with Gasteiger partial charge in [0.1, 0.15) is 17.3 Å². The Kier molecular flexibility index (Phi) is 3.63. The molecule has 2 rings (SSSR count). The summed E-state index contributed by atoms with van der Waals surface area (Å²) in [5.74, 6) is 0.816. The molecule has 0 amide bonds. The monoisotopic (exact) mass is 246 g/mol. The fourth-order valence-electron chi connectivity index (χ4n) is 1.72. The smallest absolute Gasteiger partial charge is 0.133 e. The van der Waals surface area contributed by atoms with E-state index in [9.17, 15) is 9.50 Å². The number of hydrogen-bond acceptors (Lipinski definition) is 2. The number of aliphatic hydroxyl groups excluding tert-OH is 1. The maximum absolute atomic E-state index is 13.0. The molecule has 0 aliphatic rings. The molecule has 0 unspecified atom stereocenters. The Morgan fingerprint density at radius 1 is 1.11 bits per heavy atom. The number of halogens is 1. The number of benzene rings is 2. The van der Waals surface area contributed by atoms with Crippen molar-refractivity contribution in [2.45, 2.75) is 20.5 Å². The average molecular weight is 246 g/mol. The van der Waals surface area contributed by atoms with Crippen LogP contribution in [0.1, 0.15) is 16.7 Å². The molecule has 1 N–H and O–H groups in total. The van der Waals surface area contributed by atoms with Gasteiger partial charge in [0, 0.05) is 5.56 Å². The molecule has 94 valence electrons. The molecule has 0 aromatic heterocycles. The lowest BCUT2D eigenvalue weighted by Crippen LogP contribution is -1.95. The molecule has 3 heteroatoms. The van der Waals surface area contributed by atoms with E-state index < -0.39 is 0 Å². The van der Waals surface area contributed by atoms with Crippen LogP contribution in [0, 0.1) is 19.7 Å². The summed E-state index contributed by atoms with van der Waals surface area (Å²) in [6, 6.07) is 9.88. The quantitative estimate of drug-likeness (QED) is 0.894. The molecule has 0 heterocycles. The summed E-state index contributed by atoms with van der Waals surface area (Å²) in [6.07, 6.45) is 0. The molecule has 2 aromatic carbocycles. The molecular weight excluding hydrogens is 231 g/mol. The van der Waals surface area contributed by atoms with Crippen LogP contribution >= 0.6 is 0 Å². The first-order chi connectivity index (χ1) is 8.61. The minimum absolute atomic E-state index is 0.252. The van der Waals surface area contributed by atoms with E-state index >= 15 is 0 Å². The fraction of sp³-hybridized carbons (Fsp3) is 0.200. The van der Waals surface area contributed by atoms with Gasteiger partial charge < -0.3 is 9.84 Å². The van der Waals surface area contributed by atoms with Crippen molar-refractivity contribution in [2.24, 2.45) is 0 Å². The molecule has 0 saturated heterocycles. The van der Waals surface area contributed by atoms with Gasteiger partial charge in [0.25, 0.3) is 0 Å². The summed E-state index contributed by atoms with van der Waals surface area (Å²) >= 11 is 0. The summed E-state index contributed by atoms with van der Waals surface area (Å²) < 4.78 is 18.8. The van der Waals surface area contributed by atoms with Gasteiger partial charge in [-0.1, -0.05) is 12.1 Å². The maximum atomic E-state index is 13.0. The van der Waals surface area contributed by atoms with Crippen molar-refractivity contribution in [1.82, 2.24) is 0 Å². The Morgan fingerprint density at radius 2 is 1.89 bits per heavy atom. The van der Waals surface area contributed by atoms with Crippen LogP contribution in [-0.2, 0) is 6.61 Å². The standard InChI is InChI=1S/C15H15FO2/c1-10-4-3-5-14(11(10)2)18-15-7-6-13(16)8-12(15)9-17/h3-8,17H,9H2,1-2H3. The van der Waals surface area contributed by atoms with Gasteiger partial charge in [0.05, 0.1) is 6.61 Å². The minimum Gasteiger partial charge on any atom is -0.457 e. The molecule has 0 spiro atoms. The molecule has 0 bridgehead atoms. The third kappa shape index (κ3) is 2.51. The summed E-state index contributed by atoms with van der Waals surface area (Å²) in [7, 11) is 0. The molecular formula is C15H15FO2. The third-order valence-electron chi connectivity index (χ3n) is 2.97. The topological polar surface area (TPSA) is 29.5 Å². The van der Waals surface area contributed by atoms with E-state index in [0.717, 1.165) is 16.9 Å². The number of aliphatic hydroxyl groups is 1. The van der Waals surface area contributed by atoms with E-state index in [1.165, 1.54) is 18.2 Å². The van der Waals surface area contributed by atoms with Gasteiger partial charge in [0.2, 0.25) is 0 Å². The average Bonchev–Trinajstić information content (AvgIpc) is 2.37. The molecule has 0 atom stereocenters. The molecule has 0 radical (unpaired) electrons. The first-order valence-corrected chi connectivity index (χ1v) is 5.75. The predicted octanol–water partition coefficient (Wildman–Crippen LogP) is 3.73. The van der Waals surface area contributed by atoms with Crippen LogP contribution in [0.25, 0.3) is 0 Å². The van der Waals surface area contributed by atoms with Crippen molar-refractivity contribution in [1.29, 1.82) is 0 Å². The van der Waals surface area contributed by atoms with Crippen LogP contribution < -0.4 is 4.74 Å². The Hall–Kier alpha value is -1.87. The Labute approximate surface area is 106 Å². The Balaban J connectivity index is 2.37. The second-order valence-electron chi connectivity index (χ2n) is 4.21. The normalized spacial score (nSPS) is 10.4. The van der Waals surface area contributed by atoms with Crippen LogP contribution in [0.3, 0.4) is 0 Å². The lowest BCUT2D eigenvalue weighted by molar-refractivity contribution is 0.275. The van der Waals surface area contributed by atoms with E-state index in [0.29, 0.717) is 11.3 Å². The highest BCUT2D eigenvalue weighted by Gasteiger charge is 2.08. The van der Waals surface area contributed by atoms with Crippen LogP contribution in [0.2, 0.25) is 0 Å². The van der Waals surface area contributed by atoms with E-state index in [2.05, 4.69) is 0 Å². The van der Waals surface area contributed by atoms with Crippen molar-refractivity contribution in [3.63, 3.8) is 0 Å². The van der Waals surface area contributed by atoms with Gasteiger partial charge in [-0.3, -0.25) is 0 Å². The van der Waals surface area contributed by atoms with Gasteiger partial charge in [-0.15, -0.1) is 0 Å². The highest BCUT2D eigenvalue weighted by Crippen LogP contribution is 2.29. The van der Waals surface area contributed by atoms with Gasteiger partial charge in [-0.25, -0.2) is 4.39 Å². The second kappa shape index (κ2) is 5.19. The van der Waals surface area contributed by atoms with Gasteiger partial charge in [-0.05, 0) is 49.2 Å². The van der Waals surface area contributed by atoms with Crippen molar-refractivity contribution in [2.75, 3.05) is 0 Å². The van der Waals surface area contributed by atoms with Crippen LogP contribution in [-0.4, -0.2) is 5.11 Å². The Morgan fingerprint density at radius 3 is 2.61 bits per heavy atom. The zero-order valence-electron chi connectivity index (χ0n) is 10.4. The first kappa shape index (κ1) is 12.6. The molecule has 18 heavy (non-hydrogen) atoms. The fourth-order valence-corrected chi connectivity index (χ4v) is 1.72. The number of rotatable bonds is 3. The van der Waals surface area contributed by atoms with Crippen LogP contribution in [0.15, 0.2) is 36.4 Å². The summed E-state index contributed by atoms with van der Waals surface area (Å²) in [6.45, 7) is 3.71. The van der Waals surface area contributed by atoms with Crippen molar-refractivity contribution in [3.8, 4) is 11.5 Å². The van der Waals surface area contributed by atoms with E-state index in [1.54, 1.807) is 0 Å². The SMILES string of the molecule is Cc1cccc(Oc2ccc(F)cc2CO)c1C. The maximum Gasteiger partial charge on any atom is 0.133 e. The lowest BCUT2D eigenvalue weighted by Gasteiger charge is -2.13. The number of hydrogen-bond donors (Lipinski definition) is 1. The second-order valence-corrected chi connectivity index (χ2v) is 4.21. The van der Waals surface area contributed by atoms with Crippen LogP contribution in [0.4, 0.5) is 4.39 Å². The van der Waals surface area contributed by atoms with Crippen LogP contribution in [0.5, 0.6) is 11.5 Å². The Bertz CT molecular complexity index is 564. The van der Waals surface area contributed by atoms with Crippen molar-refractivity contribution in [3.05, 3.63) is 58.9 Å². The van der Waals surface area contributed by atoms with Crippen molar-refractivity contribution < 1.29 is 14.2 Å². The third-order valence-corrected chi connectivity index (χ3v) is 2.97. The lowest BCUT2D eigenvalue weighted by atomic mass is 10.1. The number of ether oxygens (including phenoxy) is 1. The zero-order chi connectivity index (χ0) is 13.1. The number of aryl methyl sites for hydroxylation is 1. The largest absolute Gasteiger partial charge is 0.457 e. The molecule has 0 fully saturated rings. The highest BCUT2D eigenvalue weighted by atomic mass is 19.1. The minimum atomic E-state index is -0.382. The summed E-state index contributed by atoms with van der Waals surface area (Å²) in [4.78, 5) is 0. The molecule has 2 nitrogen and oxygen atoms in total. The molecule has 2 aromatic rings. The summed E-state index contributed by atoms with van der Waals surface area (Å²) in [5, 5.41) is 9.20. The highest BCUT2D eigenvalue weighted by molar-refractivity contribution is 5.43. The van der Waals surface area contributed by atoms with Crippen molar-refractivity contribution >= 4 is 0 Å². The van der Waals surface area contributed by atoms with E-state index in [4.69, 9.17) is 4.74 Å². The first-order valence-electron chi connectivity index (χ1n) is 5.75. The summed E-state index contributed by atoms with van der Waals surface area (Å²) in [5.41, 5.74) is 2.60. The van der Waals surface area contributed by atoms with Gasteiger partial charge >= 0.3 is 0 Å². The van der Waals surface area contributed by atoms with Gasteiger partial charge in [0.15, 0.2) is 0 Å². The van der Waals surface area contributed by atoms with E-state index in [-0.39, 0.29) is 12.4 Å². The zero-order valence-corrected chi connectivity index (χ0v) is 10.4. The molecule has 0 aliphatic heterocycles. The molecule has 0 aliphatic carbocycles. The molecule has 0 saturated carbocycles.